The van der Waals surface area contributed by atoms with Crippen LogP contribution < -0.4 is 10.6 Å². The summed E-state index contributed by atoms with van der Waals surface area (Å²) in [6, 6.07) is 6.80. The maximum Gasteiger partial charge on any atom is 0.251 e. The lowest BCUT2D eigenvalue weighted by atomic mass is 10.1. The normalized spacial score (nSPS) is 10.9. The van der Waals surface area contributed by atoms with Gasteiger partial charge in [-0.1, -0.05) is 6.07 Å². The molecule has 6 nitrogen and oxygen atoms in total. The molecule has 0 aliphatic carbocycles. The summed E-state index contributed by atoms with van der Waals surface area (Å²) in [5.41, 5.74) is 1.01. The Labute approximate surface area is 138 Å². The van der Waals surface area contributed by atoms with Gasteiger partial charge < -0.3 is 20.4 Å². The molecular formula is C17H28N4O2. The molecule has 128 valence electrons. The van der Waals surface area contributed by atoms with Gasteiger partial charge in [0.05, 0.1) is 0 Å². The van der Waals surface area contributed by atoms with Gasteiger partial charge in [0.25, 0.3) is 11.8 Å². The van der Waals surface area contributed by atoms with E-state index in [0.29, 0.717) is 24.2 Å². The highest BCUT2D eigenvalue weighted by molar-refractivity contribution is 5.99. The third kappa shape index (κ3) is 7.76. The maximum atomic E-state index is 12.1. The smallest absolute Gasteiger partial charge is 0.251 e. The van der Waals surface area contributed by atoms with Crippen molar-refractivity contribution in [3.05, 3.63) is 35.4 Å². The van der Waals surface area contributed by atoms with E-state index in [9.17, 15) is 9.59 Å². The topological polar surface area (TPSA) is 64.7 Å². The van der Waals surface area contributed by atoms with Crippen molar-refractivity contribution in [3.8, 4) is 0 Å². The number of hydrogen-bond acceptors (Lipinski definition) is 4. The van der Waals surface area contributed by atoms with Crippen LogP contribution in [0.15, 0.2) is 24.3 Å². The number of carbonyl (C=O) groups is 2. The Morgan fingerprint density at radius 2 is 1.39 bits per heavy atom. The number of likely N-dealkylation sites (N-methyl/N-ethyl adjacent to an activating group) is 1. The molecule has 0 aliphatic heterocycles. The third-order valence-corrected chi connectivity index (χ3v) is 3.30. The van der Waals surface area contributed by atoms with Gasteiger partial charge in [-0.25, -0.2) is 0 Å². The van der Waals surface area contributed by atoms with Gasteiger partial charge in [-0.2, -0.15) is 0 Å². The lowest BCUT2D eigenvalue weighted by Gasteiger charge is -2.11. The molecule has 6 heteroatoms. The zero-order valence-corrected chi connectivity index (χ0v) is 14.6. The first-order chi connectivity index (χ1) is 10.9. The highest BCUT2D eigenvalue weighted by Crippen LogP contribution is 2.05. The fraction of sp³-hybridized carbons (Fsp3) is 0.529. The zero-order valence-electron chi connectivity index (χ0n) is 14.6. The van der Waals surface area contributed by atoms with Gasteiger partial charge in [-0.15, -0.1) is 0 Å². The minimum absolute atomic E-state index is 0.147. The lowest BCUT2D eigenvalue weighted by Crippen LogP contribution is -2.31. The minimum Gasteiger partial charge on any atom is -0.352 e. The van der Waals surface area contributed by atoms with E-state index in [4.69, 9.17) is 0 Å². The van der Waals surface area contributed by atoms with Crippen molar-refractivity contribution in [2.75, 3.05) is 54.4 Å². The summed E-state index contributed by atoms with van der Waals surface area (Å²) in [6.07, 6.45) is 0.892. The molecule has 0 radical (unpaired) electrons. The SMILES string of the molecule is CN(C)CCCNC(=O)c1cccc(C(=O)NCCN(C)C)c1. The van der Waals surface area contributed by atoms with E-state index in [1.165, 1.54) is 0 Å². The van der Waals surface area contributed by atoms with Crippen molar-refractivity contribution in [2.45, 2.75) is 6.42 Å². The predicted octanol–water partition coefficient (Wildman–Crippen LogP) is 0.660. The average Bonchev–Trinajstić information content (AvgIpc) is 2.50. The van der Waals surface area contributed by atoms with Crippen molar-refractivity contribution < 1.29 is 9.59 Å². The van der Waals surface area contributed by atoms with E-state index in [2.05, 4.69) is 15.5 Å². The summed E-state index contributed by atoms with van der Waals surface area (Å²) in [5.74, 6) is -0.305. The second kappa shape index (κ2) is 9.97. The quantitative estimate of drug-likeness (QED) is 0.656. The number of carbonyl (C=O) groups excluding carboxylic acids is 2. The van der Waals surface area contributed by atoms with Crippen LogP contribution in [0.1, 0.15) is 27.1 Å². The summed E-state index contributed by atoms with van der Waals surface area (Å²) in [4.78, 5) is 28.2. The average molecular weight is 320 g/mol. The fourth-order valence-electron chi connectivity index (χ4n) is 2.00. The van der Waals surface area contributed by atoms with Crippen molar-refractivity contribution in [2.24, 2.45) is 0 Å². The Bertz CT molecular complexity index is 515. The molecule has 0 unspecified atom stereocenters. The van der Waals surface area contributed by atoms with Crippen LogP contribution in [0.25, 0.3) is 0 Å². The molecule has 0 saturated carbocycles. The zero-order chi connectivity index (χ0) is 17.2. The predicted molar refractivity (Wildman–Crippen MR) is 92.8 cm³/mol. The lowest BCUT2D eigenvalue weighted by molar-refractivity contribution is 0.0950. The molecule has 1 aromatic carbocycles. The van der Waals surface area contributed by atoms with Gasteiger partial charge in [0.1, 0.15) is 0 Å². The van der Waals surface area contributed by atoms with E-state index in [1.807, 2.05) is 33.1 Å². The maximum absolute atomic E-state index is 12.1. The van der Waals surface area contributed by atoms with E-state index in [0.717, 1.165) is 19.5 Å². The van der Waals surface area contributed by atoms with Gasteiger partial charge in [0.15, 0.2) is 0 Å². The fourth-order valence-corrected chi connectivity index (χ4v) is 2.00. The molecule has 0 spiro atoms. The van der Waals surface area contributed by atoms with Crippen LogP contribution in [0, 0.1) is 0 Å². The standard InChI is InChI=1S/C17H28N4O2/c1-20(2)11-6-9-18-16(22)14-7-5-8-15(13-14)17(23)19-10-12-21(3)4/h5,7-8,13H,6,9-12H2,1-4H3,(H,18,22)(H,19,23). The third-order valence-electron chi connectivity index (χ3n) is 3.30. The first kappa shape index (κ1) is 19.1. The molecule has 2 amide bonds. The Kier molecular flexibility index (Phi) is 8.29. The largest absolute Gasteiger partial charge is 0.352 e. The molecular weight excluding hydrogens is 292 g/mol. The molecule has 0 aromatic heterocycles. The number of hydrogen-bond donors (Lipinski definition) is 2. The Morgan fingerprint density at radius 1 is 0.870 bits per heavy atom. The van der Waals surface area contributed by atoms with Crippen molar-refractivity contribution in [1.29, 1.82) is 0 Å². The Balaban J connectivity index is 2.51. The number of nitrogens with one attached hydrogen (secondary N) is 2. The van der Waals surface area contributed by atoms with E-state index in [-0.39, 0.29) is 11.8 Å². The molecule has 1 aromatic rings. The molecule has 0 saturated heterocycles. The summed E-state index contributed by atoms with van der Waals surface area (Å²) in [7, 11) is 7.90. The number of amides is 2. The van der Waals surface area contributed by atoms with Crippen LogP contribution >= 0.6 is 0 Å². The number of nitrogens with zero attached hydrogens (tertiary/aromatic N) is 2. The Hall–Kier alpha value is -1.92. The van der Waals surface area contributed by atoms with E-state index >= 15 is 0 Å². The summed E-state index contributed by atoms with van der Waals surface area (Å²) < 4.78 is 0. The van der Waals surface area contributed by atoms with Gasteiger partial charge in [0, 0.05) is 30.8 Å². The van der Waals surface area contributed by atoms with Crippen LogP contribution in [0.3, 0.4) is 0 Å². The summed E-state index contributed by atoms with van der Waals surface area (Å²) in [6.45, 7) is 2.90. The van der Waals surface area contributed by atoms with Crippen LogP contribution in [-0.2, 0) is 0 Å². The van der Waals surface area contributed by atoms with Crippen LogP contribution in [0.5, 0.6) is 0 Å². The Morgan fingerprint density at radius 3 is 1.91 bits per heavy atom. The highest BCUT2D eigenvalue weighted by atomic mass is 16.2. The summed E-state index contributed by atoms with van der Waals surface area (Å²) >= 11 is 0. The molecule has 0 fully saturated rings. The molecule has 1 rings (SSSR count). The van der Waals surface area contributed by atoms with E-state index < -0.39 is 0 Å². The van der Waals surface area contributed by atoms with Crippen molar-refractivity contribution >= 4 is 11.8 Å². The molecule has 0 atom stereocenters. The minimum atomic E-state index is -0.158. The van der Waals surface area contributed by atoms with Gasteiger partial charge >= 0.3 is 0 Å². The van der Waals surface area contributed by atoms with Gasteiger partial charge in [-0.05, 0) is 59.4 Å². The van der Waals surface area contributed by atoms with E-state index in [1.54, 1.807) is 24.3 Å². The number of rotatable bonds is 9. The monoisotopic (exact) mass is 320 g/mol. The molecule has 0 bridgehead atoms. The van der Waals surface area contributed by atoms with Crippen LogP contribution in [-0.4, -0.2) is 76.0 Å². The van der Waals surface area contributed by atoms with Crippen LogP contribution in [0.2, 0.25) is 0 Å². The van der Waals surface area contributed by atoms with Crippen LogP contribution in [0.4, 0.5) is 0 Å². The molecule has 0 aliphatic rings. The van der Waals surface area contributed by atoms with Crippen molar-refractivity contribution in [1.82, 2.24) is 20.4 Å². The second-order valence-electron chi connectivity index (χ2n) is 6.05. The second-order valence-corrected chi connectivity index (χ2v) is 6.05. The van der Waals surface area contributed by atoms with Gasteiger partial charge in [-0.3, -0.25) is 9.59 Å². The molecule has 23 heavy (non-hydrogen) atoms. The highest BCUT2D eigenvalue weighted by Gasteiger charge is 2.10. The first-order valence-electron chi connectivity index (χ1n) is 7.86. The summed E-state index contributed by atoms with van der Waals surface area (Å²) in [5, 5.41) is 5.72. The molecule has 0 heterocycles. The number of benzene rings is 1. The first-order valence-corrected chi connectivity index (χ1v) is 7.86. The molecule has 2 N–H and O–H groups in total. The van der Waals surface area contributed by atoms with Gasteiger partial charge in [0.2, 0.25) is 0 Å². The van der Waals surface area contributed by atoms with Crippen molar-refractivity contribution in [3.63, 3.8) is 0 Å².